The van der Waals surface area contributed by atoms with Crippen LogP contribution in [0.2, 0.25) is 0 Å². The fraction of sp³-hybridized carbons (Fsp3) is 0.407. The second-order valence-corrected chi connectivity index (χ2v) is 9.43. The Morgan fingerprint density at radius 3 is 2.49 bits per heavy atom. The number of aromatic nitrogens is 3. The topological polar surface area (TPSA) is 89.3 Å². The van der Waals surface area contributed by atoms with Crippen LogP contribution in [0, 0.1) is 0 Å². The van der Waals surface area contributed by atoms with E-state index < -0.39 is 5.41 Å². The molecule has 1 aromatic heterocycles. The number of nitrogens with one attached hydrogen (secondary N) is 1. The molecule has 1 aliphatic carbocycles. The van der Waals surface area contributed by atoms with Crippen LogP contribution in [0.5, 0.6) is 5.75 Å². The first-order chi connectivity index (χ1) is 17.1. The highest BCUT2D eigenvalue weighted by molar-refractivity contribution is 5.88. The van der Waals surface area contributed by atoms with Crippen molar-refractivity contribution in [2.24, 2.45) is 0 Å². The quantitative estimate of drug-likeness (QED) is 0.569. The van der Waals surface area contributed by atoms with Crippen molar-refractivity contribution in [3.63, 3.8) is 0 Å². The van der Waals surface area contributed by atoms with Gasteiger partial charge in [-0.2, -0.15) is 0 Å². The molecule has 0 radical (unpaired) electrons. The van der Waals surface area contributed by atoms with Crippen LogP contribution in [-0.4, -0.2) is 38.8 Å². The number of nitrogens with zero attached hydrogens (tertiary/aromatic N) is 4. The van der Waals surface area contributed by atoms with Crippen LogP contribution in [0.25, 0.3) is 0 Å². The number of hydrogen-bond acceptors (Lipinski definition) is 5. The number of rotatable bonds is 7. The van der Waals surface area contributed by atoms with Gasteiger partial charge < -0.3 is 15.0 Å². The molecule has 1 saturated carbocycles. The minimum atomic E-state index is -0.549. The third-order valence-corrected chi connectivity index (χ3v) is 7.31. The van der Waals surface area contributed by atoms with E-state index in [2.05, 4.69) is 15.6 Å². The summed E-state index contributed by atoms with van der Waals surface area (Å²) in [5.41, 5.74) is 3.15. The fourth-order valence-electron chi connectivity index (χ4n) is 5.30. The number of methoxy groups -OCH3 is 1. The van der Waals surface area contributed by atoms with Crippen molar-refractivity contribution in [3.05, 3.63) is 77.1 Å². The molecule has 8 nitrogen and oxygen atoms in total. The van der Waals surface area contributed by atoms with Gasteiger partial charge >= 0.3 is 0 Å². The average Bonchev–Trinajstić information content (AvgIpc) is 3.29. The van der Waals surface area contributed by atoms with Gasteiger partial charge in [0.2, 0.25) is 11.8 Å². The summed E-state index contributed by atoms with van der Waals surface area (Å²) in [5, 5.41) is 11.7. The van der Waals surface area contributed by atoms with Crippen molar-refractivity contribution in [3.8, 4) is 5.75 Å². The third kappa shape index (κ3) is 4.65. The molecule has 8 heteroatoms. The molecule has 2 heterocycles. The first-order valence-electron chi connectivity index (χ1n) is 12.2. The predicted molar refractivity (Wildman–Crippen MR) is 130 cm³/mol. The van der Waals surface area contributed by atoms with Crippen LogP contribution < -0.4 is 10.1 Å². The van der Waals surface area contributed by atoms with E-state index in [-0.39, 0.29) is 18.4 Å². The molecule has 2 aliphatic rings. The summed E-state index contributed by atoms with van der Waals surface area (Å²) < 4.78 is 6.96. The smallest absolute Gasteiger partial charge is 0.245 e. The molecule has 0 saturated heterocycles. The van der Waals surface area contributed by atoms with Crippen molar-refractivity contribution in [1.82, 2.24) is 25.2 Å². The van der Waals surface area contributed by atoms with Crippen LogP contribution in [0.15, 0.2) is 54.6 Å². The molecule has 1 fully saturated rings. The third-order valence-electron chi connectivity index (χ3n) is 7.31. The van der Waals surface area contributed by atoms with E-state index in [4.69, 9.17) is 4.74 Å². The number of benzene rings is 2. The zero-order valence-electron chi connectivity index (χ0n) is 20.1. The second-order valence-electron chi connectivity index (χ2n) is 9.43. The highest BCUT2D eigenvalue weighted by Gasteiger charge is 2.41. The second kappa shape index (κ2) is 9.90. The SMILES string of the molecule is COc1ccc(C2(C(=O)NCc3nnn4c3CN(Cc3ccccc3)C(=O)C4)CCCCC2)cc1. The lowest BCUT2D eigenvalue weighted by Crippen LogP contribution is -2.46. The Balaban J connectivity index is 1.31. The molecule has 3 aromatic rings. The molecule has 0 spiro atoms. The minimum absolute atomic E-state index is 0.0162. The normalized spacial score (nSPS) is 17.1. The molecule has 0 atom stereocenters. The monoisotopic (exact) mass is 473 g/mol. The van der Waals surface area contributed by atoms with Crippen LogP contribution in [0.4, 0.5) is 0 Å². The molecule has 35 heavy (non-hydrogen) atoms. The molecule has 0 bridgehead atoms. The first kappa shape index (κ1) is 23.1. The first-order valence-corrected chi connectivity index (χ1v) is 12.2. The van der Waals surface area contributed by atoms with E-state index in [1.807, 2.05) is 59.5 Å². The standard InChI is InChI=1S/C27H31N5O3/c1-35-22-12-10-21(11-13-22)27(14-6-3-7-15-27)26(34)28-16-23-24-18-31(17-20-8-4-2-5-9-20)25(33)19-32(24)30-29-23/h2,4-5,8-13H,3,6-7,14-19H2,1H3,(H,28,34). The molecule has 0 unspecified atom stereocenters. The summed E-state index contributed by atoms with van der Waals surface area (Å²) in [4.78, 5) is 28.1. The zero-order chi connectivity index (χ0) is 24.3. The van der Waals surface area contributed by atoms with E-state index in [1.54, 1.807) is 11.8 Å². The molecule has 1 N–H and O–H groups in total. The molecular weight excluding hydrogens is 442 g/mol. The highest BCUT2D eigenvalue weighted by Crippen LogP contribution is 2.40. The summed E-state index contributed by atoms with van der Waals surface area (Å²) in [7, 11) is 1.65. The van der Waals surface area contributed by atoms with Gasteiger partial charge in [0.15, 0.2) is 0 Å². The summed E-state index contributed by atoms with van der Waals surface area (Å²) in [6.07, 6.45) is 4.85. The van der Waals surface area contributed by atoms with Gasteiger partial charge in [-0.3, -0.25) is 9.59 Å². The van der Waals surface area contributed by atoms with Crippen LogP contribution in [0.1, 0.15) is 54.6 Å². The molecule has 182 valence electrons. The molecule has 5 rings (SSSR count). The maximum atomic E-state index is 13.6. The molecule has 2 aromatic carbocycles. The van der Waals surface area contributed by atoms with Crippen molar-refractivity contribution < 1.29 is 14.3 Å². The van der Waals surface area contributed by atoms with E-state index in [0.29, 0.717) is 25.3 Å². The number of hydrogen-bond donors (Lipinski definition) is 1. The zero-order valence-corrected chi connectivity index (χ0v) is 20.1. The Kier molecular flexibility index (Phi) is 6.53. The van der Waals surface area contributed by atoms with Gasteiger partial charge in [0, 0.05) is 6.54 Å². The van der Waals surface area contributed by atoms with Gasteiger partial charge in [-0.1, -0.05) is 66.9 Å². The van der Waals surface area contributed by atoms with E-state index in [0.717, 1.165) is 54.7 Å². The molecule has 2 amide bonds. The summed E-state index contributed by atoms with van der Waals surface area (Å²) in [6, 6.07) is 17.8. The Morgan fingerprint density at radius 1 is 1.03 bits per heavy atom. The molecular formula is C27H31N5O3. The maximum Gasteiger partial charge on any atom is 0.245 e. The van der Waals surface area contributed by atoms with Gasteiger partial charge in [0.25, 0.3) is 0 Å². The fourth-order valence-corrected chi connectivity index (χ4v) is 5.30. The highest BCUT2D eigenvalue weighted by atomic mass is 16.5. The van der Waals surface area contributed by atoms with Gasteiger partial charge in [-0.05, 0) is 36.1 Å². The van der Waals surface area contributed by atoms with Crippen molar-refractivity contribution in [2.75, 3.05) is 7.11 Å². The van der Waals surface area contributed by atoms with E-state index >= 15 is 0 Å². The summed E-state index contributed by atoms with van der Waals surface area (Å²) in [5.74, 6) is 0.824. The van der Waals surface area contributed by atoms with Gasteiger partial charge in [-0.25, -0.2) is 4.68 Å². The van der Waals surface area contributed by atoms with Gasteiger partial charge in [0.05, 0.1) is 31.3 Å². The van der Waals surface area contributed by atoms with Crippen molar-refractivity contribution in [1.29, 1.82) is 0 Å². The van der Waals surface area contributed by atoms with Crippen molar-refractivity contribution in [2.45, 2.75) is 63.7 Å². The maximum absolute atomic E-state index is 13.6. The Hall–Kier alpha value is -3.68. The van der Waals surface area contributed by atoms with Gasteiger partial charge in [0.1, 0.15) is 18.0 Å². The number of amides is 2. The average molecular weight is 474 g/mol. The van der Waals surface area contributed by atoms with Crippen molar-refractivity contribution >= 4 is 11.8 Å². The number of ether oxygens (including phenoxy) is 1. The van der Waals surface area contributed by atoms with E-state index in [1.165, 1.54) is 0 Å². The van der Waals surface area contributed by atoms with Crippen LogP contribution >= 0.6 is 0 Å². The summed E-state index contributed by atoms with van der Waals surface area (Å²) in [6.45, 7) is 1.42. The number of carbonyl (C=O) groups is 2. The Bertz CT molecular complexity index is 1180. The number of carbonyl (C=O) groups excluding carboxylic acids is 2. The number of fused-ring (bicyclic) bond motifs is 1. The Morgan fingerprint density at radius 2 is 1.77 bits per heavy atom. The Labute approximate surface area is 205 Å². The van der Waals surface area contributed by atoms with E-state index in [9.17, 15) is 9.59 Å². The lowest BCUT2D eigenvalue weighted by Gasteiger charge is -2.36. The lowest BCUT2D eigenvalue weighted by molar-refractivity contribution is -0.135. The van der Waals surface area contributed by atoms with Crippen LogP contribution in [0.3, 0.4) is 0 Å². The van der Waals surface area contributed by atoms with Gasteiger partial charge in [-0.15, -0.1) is 5.10 Å². The largest absolute Gasteiger partial charge is 0.497 e. The summed E-state index contributed by atoms with van der Waals surface area (Å²) >= 11 is 0. The lowest BCUT2D eigenvalue weighted by atomic mass is 9.68. The predicted octanol–water partition coefficient (Wildman–Crippen LogP) is 3.35. The van der Waals surface area contributed by atoms with Crippen LogP contribution in [-0.2, 0) is 41.2 Å². The minimum Gasteiger partial charge on any atom is -0.497 e. The molecule has 1 aliphatic heterocycles.